The Bertz CT molecular complexity index is 2240. The number of imidazole rings is 1. The zero-order valence-corrected chi connectivity index (χ0v) is 31.5. The minimum absolute atomic E-state index is 0.194. The lowest BCUT2D eigenvalue weighted by Gasteiger charge is -2.12. The molecule has 0 N–H and O–H groups in total. The minimum Gasteiger partial charge on any atom is -0.461 e. The number of carbonyl (C=O) groups is 2. The first-order valence-corrected chi connectivity index (χ1v) is 18.7. The molecule has 2 aliphatic rings. The van der Waals surface area contributed by atoms with Crippen LogP contribution in [0.2, 0.25) is 0 Å². The van der Waals surface area contributed by atoms with Crippen molar-refractivity contribution in [3.8, 4) is 11.4 Å². The summed E-state index contributed by atoms with van der Waals surface area (Å²) in [5.74, 6) is 0.0954. The first-order chi connectivity index (χ1) is 26.0. The third-order valence-electron chi connectivity index (χ3n) is 9.09. The van der Waals surface area contributed by atoms with Crippen molar-refractivity contribution in [1.29, 1.82) is 0 Å². The summed E-state index contributed by atoms with van der Waals surface area (Å²) >= 11 is 7.18. The minimum atomic E-state index is -0.574. The van der Waals surface area contributed by atoms with Gasteiger partial charge in [-0.2, -0.15) is 4.57 Å². The SMILES string of the molecule is O=C(OCCCCCOC(=O)n1nc[n+]2c1CN=C(c1ccccc1)c1cc(Br)ccc1-2)c1ncn2c1CN=C(c1ccccc1)c1cc(Br)ccc1-2. The highest BCUT2D eigenvalue weighted by Gasteiger charge is 2.31. The fourth-order valence-corrected chi connectivity index (χ4v) is 7.27. The van der Waals surface area contributed by atoms with E-state index in [1.807, 2.05) is 106 Å². The van der Waals surface area contributed by atoms with Gasteiger partial charge in [0, 0.05) is 36.3 Å². The summed E-state index contributed by atoms with van der Waals surface area (Å²) < 4.78 is 18.2. The van der Waals surface area contributed by atoms with Gasteiger partial charge in [-0.3, -0.25) is 14.6 Å². The number of esters is 1. The van der Waals surface area contributed by atoms with Gasteiger partial charge in [0.15, 0.2) is 5.69 Å². The highest BCUT2D eigenvalue weighted by molar-refractivity contribution is 9.10. The van der Waals surface area contributed by atoms with Crippen LogP contribution < -0.4 is 4.57 Å². The highest BCUT2D eigenvalue weighted by atomic mass is 79.9. The van der Waals surface area contributed by atoms with Crippen molar-refractivity contribution in [2.45, 2.75) is 32.4 Å². The van der Waals surface area contributed by atoms with Crippen molar-refractivity contribution >= 4 is 55.3 Å². The lowest BCUT2D eigenvalue weighted by atomic mass is 10.0. The average Bonchev–Trinajstić information content (AvgIpc) is 3.72. The summed E-state index contributed by atoms with van der Waals surface area (Å²) in [6.07, 6.45) is 4.58. The molecule has 0 atom stereocenters. The number of aliphatic imine (C=N–C) groups is 2. The first kappa shape index (κ1) is 34.6. The van der Waals surface area contributed by atoms with E-state index in [0.29, 0.717) is 30.8 Å². The molecule has 8 rings (SSSR count). The summed E-state index contributed by atoms with van der Waals surface area (Å²) in [4.78, 5) is 40.6. The van der Waals surface area contributed by atoms with Crippen LogP contribution in [-0.4, -0.2) is 56.0 Å². The number of rotatable bonds is 9. The molecule has 264 valence electrons. The van der Waals surface area contributed by atoms with Gasteiger partial charge in [-0.1, -0.05) is 92.5 Å². The van der Waals surface area contributed by atoms with Crippen LogP contribution in [0.5, 0.6) is 0 Å². The van der Waals surface area contributed by atoms with Crippen molar-refractivity contribution in [2.75, 3.05) is 13.2 Å². The number of nitrogens with zero attached hydrogens (tertiary/aromatic N) is 7. The number of ether oxygens (including phenoxy) is 2. The summed E-state index contributed by atoms with van der Waals surface area (Å²) in [7, 11) is 0. The first-order valence-electron chi connectivity index (χ1n) is 17.2. The largest absolute Gasteiger partial charge is 0.513 e. The van der Waals surface area contributed by atoms with Crippen LogP contribution >= 0.6 is 31.9 Å². The Morgan fingerprint density at radius 3 is 2.11 bits per heavy atom. The number of halogens is 2. The summed E-state index contributed by atoms with van der Waals surface area (Å²) in [5, 5.41) is 4.35. The Hall–Kier alpha value is -5.53. The predicted molar refractivity (Wildman–Crippen MR) is 205 cm³/mol. The fourth-order valence-electron chi connectivity index (χ4n) is 6.55. The molecule has 0 radical (unpaired) electrons. The number of aromatic nitrogens is 5. The fraction of sp³-hybridized carbons (Fsp3) is 0.175. The maximum Gasteiger partial charge on any atom is 0.513 e. The molecule has 2 aromatic heterocycles. The van der Waals surface area contributed by atoms with E-state index in [0.717, 1.165) is 54.0 Å². The van der Waals surface area contributed by atoms with Crippen LogP contribution in [0.1, 0.15) is 63.5 Å². The third kappa shape index (κ3) is 7.01. The quantitative estimate of drug-likeness (QED) is 0.0843. The Kier molecular flexibility index (Phi) is 9.92. The molecular weight excluding hydrogens is 802 g/mol. The van der Waals surface area contributed by atoms with Crippen molar-refractivity contribution in [3.63, 3.8) is 0 Å². The van der Waals surface area contributed by atoms with E-state index in [9.17, 15) is 9.59 Å². The van der Waals surface area contributed by atoms with E-state index in [-0.39, 0.29) is 32.0 Å². The Morgan fingerprint density at radius 1 is 0.736 bits per heavy atom. The average molecular weight is 835 g/mol. The molecule has 0 saturated carbocycles. The van der Waals surface area contributed by atoms with Gasteiger partial charge in [0.1, 0.15) is 18.6 Å². The third-order valence-corrected chi connectivity index (χ3v) is 10.1. The number of fused-ring (bicyclic) bond motifs is 6. The predicted octanol–water partition coefficient (Wildman–Crippen LogP) is 7.58. The van der Waals surface area contributed by atoms with Gasteiger partial charge in [0.05, 0.1) is 42.6 Å². The molecule has 0 saturated heterocycles. The second-order valence-electron chi connectivity index (χ2n) is 12.4. The van der Waals surface area contributed by atoms with E-state index in [1.54, 1.807) is 12.7 Å². The van der Waals surface area contributed by atoms with Gasteiger partial charge < -0.3 is 9.47 Å². The molecule has 0 bridgehead atoms. The Morgan fingerprint density at radius 2 is 1.38 bits per heavy atom. The molecule has 13 heteroatoms. The molecule has 0 spiro atoms. The topological polar surface area (TPSA) is 117 Å². The number of hydrogen-bond donors (Lipinski definition) is 0. The smallest absolute Gasteiger partial charge is 0.461 e. The molecule has 4 aromatic carbocycles. The molecule has 0 unspecified atom stereocenters. The monoisotopic (exact) mass is 832 g/mol. The Balaban J connectivity index is 0.865. The van der Waals surface area contributed by atoms with Crippen LogP contribution in [0.4, 0.5) is 4.79 Å². The summed E-state index contributed by atoms with van der Waals surface area (Å²) in [5.41, 5.74) is 8.19. The van der Waals surface area contributed by atoms with Crippen LogP contribution in [0.3, 0.4) is 0 Å². The Labute approximate surface area is 321 Å². The van der Waals surface area contributed by atoms with E-state index < -0.39 is 12.1 Å². The molecule has 53 heavy (non-hydrogen) atoms. The number of hydrogen-bond acceptors (Lipinski definition) is 8. The second kappa shape index (κ2) is 15.2. The molecule has 11 nitrogen and oxygen atoms in total. The normalized spacial score (nSPS) is 12.9. The molecule has 0 aliphatic carbocycles. The van der Waals surface area contributed by atoms with Crippen molar-refractivity contribution in [1.82, 2.24) is 19.3 Å². The lowest BCUT2D eigenvalue weighted by Crippen LogP contribution is -2.36. The molecule has 2 aliphatic heterocycles. The zero-order chi connectivity index (χ0) is 36.3. The van der Waals surface area contributed by atoms with Gasteiger partial charge >= 0.3 is 12.1 Å². The van der Waals surface area contributed by atoms with Crippen molar-refractivity contribution in [3.05, 3.63) is 158 Å². The zero-order valence-electron chi connectivity index (χ0n) is 28.4. The van der Waals surface area contributed by atoms with E-state index >= 15 is 0 Å². The van der Waals surface area contributed by atoms with Crippen LogP contribution in [-0.2, 0) is 22.6 Å². The number of benzene rings is 4. The van der Waals surface area contributed by atoms with Gasteiger partial charge in [-0.25, -0.2) is 14.6 Å². The van der Waals surface area contributed by atoms with Gasteiger partial charge in [-0.05, 0) is 60.3 Å². The standard InChI is InChI=1S/C40H32Br2N7O4/c41-28-14-16-32-30(20-28)36(26-10-4-1-5-11-26)43-22-34-38(45-24-47(32)34)39(50)52-18-8-3-9-19-53-40(51)49-35-23-44-37(27-12-6-2-7-13-27)31-21-29(42)15-17-33(31)48(35)25-46-49/h1-2,4-7,10-17,20-21,24-25H,3,8-9,18-19,22-23H2/q+1. The lowest BCUT2D eigenvalue weighted by molar-refractivity contribution is -0.604. The summed E-state index contributed by atoms with van der Waals surface area (Å²) in [6.45, 7) is 0.915. The van der Waals surface area contributed by atoms with Crippen molar-refractivity contribution < 1.29 is 23.6 Å². The van der Waals surface area contributed by atoms with Crippen LogP contribution in [0.15, 0.2) is 129 Å². The van der Waals surface area contributed by atoms with Gasteiger partial charge in [0.2, 0.25) is 0 Å². The maximum atomic E-state index is 13.2. The molecule has 4 heterocycles. The van der Waals surface area contributed by atoms with E-state index in [1.165, 1.54) is 4.68 Å². The van der Waals surface area contributed by atoms with Crippen LogP contribution in [0, 0.1) is 0 Å². The molecule has 6 aromatic rings. The molecular formula is C40H32Br2N7O4+. The number of carbonyl (C=O) groups excluding carboxylic acids is 2. The van der Waals surface area contributed by atoms with E-state index in [2.05, 4.69) is 41.9 Å². The maximum absolute atomic E-state index is 13.2. The van der Waals surface area contributed by atoms with Crippen molar-refractivity contribution in [2.24, 2.45) is 9.98 Å². The second-order valence-corrected chi connectivity index (χ2v) is 14.3. The molecule has 0 amide bonds. The number of unbranched alkanes of at least 4 members (excludes halogenated alkanes) is 2. The van der Waals surface area contributed by atoms with Crippen LogP contribution in [0.25, 0.3) is 11.4 Å². The van der Waals surface area contributed by atoms with Gasteiger partial charge in [-0.15, -0.1) is 0 Å². The molecule has 0 fully saturated rings. The summed E-state index contributed by atoms with van der Waals surface area (Å²) in [6, 6.07) is 31.9. The van der Waals surface area contributed by atoms with Gasteiger partial charge in [0.25, 0.3) is 12.2 Å². The van der Waals surface area contributed by atoms with E-state index in [4.69, 9.17) is 19.5 Å². The highest BCUT2D eigenvalue weighted by Crippen LogP contribution is 2.29.